The van der Waals surface area contributed by atoms with Crippen molar-refractivity contribution in [3.8, 4) is 0 Å². The summed E-state index contributed by atoms with van der Waals surface area (Å²) in [5.74, 6) is -0.0598. The van der Waals surface area contributed by atoms with Crippen molar-refractivity contribution in [3.63, 3.8) is 0 Å². The maximum Gasteiger partial charge on any atom is 0.242 e. The Morgan fingerprint density at radius 2 is 2.07 bits per heavy atom. The van der Waals surface area contributed by atoms with Crippen molar-refractivity contribution in [1.29, 1.82) is 0 Å². The lowest BCUT2D eigenvalue weighted by Crippen LogP contribution is -2.49. The number of nitrogens with one attached hydrogen (secondary N) is 4. The van der Waals surface area contributed by atoms with Gasteiger partial charge in [0.2, 0.25) is 11.8 Å². The fourth-order valence-corrected chi connectivity index (χ4v) is 4.25. The molecule has 2 amide bonds. The number of carbonyl (C=O) groups excluding carboxylic acids is 2. The number of nitrogens with zero attached hydrogens (tertiary/aromatic N) is 1. The molecule has 30 heavy (non-hydrogen) atoms. The molecule has 0 aliphatic carbocycles. The van der Waals surface area contributed by atoms with Gasteiger partial charge in [0.05, 0.1) is 24.3 Å². The molecule has 156 valence electrons. The van der Waals surface area contributed by atoms with Crippen LogP contribution in [0.1, 0.15) is 30.5 Å². The second kappa shape index (κ2) is 8.97. The third-order valence-corrected chi connectivity index (χ3v) is 6.11. The van der Waals surface area contributed by atoms with Crippen molar-refractivity contribution < 1.29 is 9.59 Å². The maximum atomic E-state index is 12.6. The van der Waals surface area contributed by atoms with E-state index in [1.165, 1.54) is 5.56 Å². The van der Waals surface area contributed by atoms with Gasteiger partial charge in [0.1, 0.15) is 6.04 Å². The third kappa shape index (κ3) is 4.55. The van der Waals surface area contributed by atoms with Crippen molar-refractivity contribution in [2.45, 2.75) is 37.9 Å². The molecule has 1 aromatic carbocycles. The number of rotatable bonds is 6. The van der Waals surface area contributed by atoms with Crippen LogP contribution in [0.5, 0.6) is 0 Å². The van der Waals surface area contributed by atoms with E-state index in [-0.39, 0.29) is 17.9 Å². The molecule has 0 spiro atoms. The Bertz CT molecular complexity index is 1050. The van der Waals surface area contributed by atoms with Crippen LogP contribution in [0.15, 0.2) is 53.3 Å². The van der Waals surface area contributed by atoms with Crippen molar-refractivity contribution in [2.75, 3.05) is 6.54 Å². The summed E-state index contributed by atoms with van der Waals surface area (Å²) >= 11 is 3.47. The summed E-state index contributed by atoms with van der Waals surface area (Å²) in [4.78, 5) is 32.4. The number of hydrogen-bond donors (Lipinski definition) is 4. The molecule has 1 unspecified atom stereocenters. The van der Waals surface area contributed by atoms with Gasteiger partial charge in [-0.3, -0.25) is 14.6 Å². The minimum atomic E-state index is -0.618. The van der Waals surface area contributed by atoms with E-state index >= 15 is 0 Å². The summed E-state index contributed by atoms with van der Waals surface area (Å²) in [6.07, 6.45) is 4.20. The molecule has 1 aliphatic rings. The van der Waals surface area contributed by atoms with Crippen LogP contribution in [0.3, 0.4) is 0 Å². The molecule has 0 saturated carbocycles. The smallest absolute Gasteiger partial charge is 0.242 e. The Hall–Kier alpha value is -2.71. The van der Waals surface area contributed by atoms with Crippen LogP contribution in [-0.4, -0.2) is 40.4 Å². The van der Waals surface area contributed by atoms with Gasteiger partial charge in [-0.2, -0.15) is 0 Å². The summed E-state index contributed by atoms with van der Waals surface area (Å²) in [5, 5.41) is 9.97. The molecule has 0 radical (unpaired) electrons. The van der Waals surface area contributed by atoms with E-state index in [4.69, 9.17) is 0 Å². The predicted molar refractivity (Wildman–Crippen MR) is 119 cm³/mol. The predicted octanol–water partition coefficient (Wildman–Crippen LogP) is 2.59. The molecule has 4 N–H and O–H groups in total. The average molecular weight is 470 g/mol. The van der Waals surface area contributed by atoms with E-state index in [0.29, 0.717) is 12.5 Å². The number of carbonyl (C=O) groups is 2. The fourth-order valence-electron chi connectivity index (χ4n) is 3.80. The van der Waals surface area contributed by atoms with Crippen molar-refractivity contribution in [2.24, 2.45) is 0 Å². The highest BCUT2D eigenvalue weighted by molar-refractivity contribution is 9.10. The summed E-state index contributed by atoms with van der Waals surface area (Å²) in [6.45, 7) is 2.80. The van der Waals surface area contributed by atoms with Gasteiger partial charge in [0, 0.05) is 28.3 Å². The Morgan fingerprint density at radius 1 is 1.27 bits per heavy atom. The molecule has 1 fully saturated rings. The Labute approximate surface area is 183 Å². The maximum absolute atomic E-state index is 12.6. The molecule has 0 bridgehead atoms. The molecule has 4 rings (SSSR count). The van der Waals surface area contributed by atoms with Crippen LogP contribution < -0.4 is 16.0 Å². The molecule has 1 saturated heterocycles. The van der Waals surface area contributed by atoms with Crippen LogP contribution >= 0.6 is 15.9 Å². The largest absolute Gasteiger partial charge is 0.356 e. The Morgan fingerprint density at radius 3 is 2.83 bits per heavy atom. The first-order chi connectivity index (χ1) is 14.5. The molecule has 3 atom stereocenters. The highest BCUT2D eigenvalue weighted by atomic mass is 79.9. The molecule has 8 heteroatoms. The van der Waals surface area contributed by atoms with E-state index in [1.807, 2.05) is 24.3 Å². The first kappa shape index (κ1) is 20.6. The number of hydrogen-bond acceptors (Lipinski definition) is 4. The Balaban J connectivity index is 1.28. The first-order valence-corrected chi connectivity index (χ1v) is 10.8. The van der Waals surface area contributed by atoms with Crippen LogP contribution in [0, 0.1) is 0 Å². The van der Waals surface area contributed by atoms with Gasteiger partial charge in [-0.1, -0.05) is 30.3 Å². The summed E-state index contributed by atoms with van der Waals surface area (Å²) in [7, 11) is 0. The normalized spacial score (nSPS) is 19.5. The number of amides is 2. The van der Waals surface area contributed by atoms with Crippen LogP contribution in [0.25, 0.3) is 10.9 Å². The average Bonchev–Trinajstić information content (AvgIpc) is 3.40. The van der Waals surface area contributed by atoms with Crippen molar-refractivity contribution in [1.82, 2.24) is 25.9 Å². The van der Waals surface area contributed by atoms with Gasteiger partial charge in [0.25, 0.3) is 0 Å². The second-order valence-electron chi connectivity index (χ2n) is 7.63. The molecule has 1 aliphatic heterocycles. The minimum absolute atomic E-state index is 0.142. The van der Waals surface area contributed by atoms with E-state index in [2.05, 4.69) is 54.0 Å². The summed E-state index contributed by atoms with van der Waals surface area (Å²) in [5.41, 5.74) is 3.00. The standard InChI is InChI=1S/C22H24BrN5O2/c1-13(21(29)26-10-16-8-17-18(23)11-24-12-20(17)28-16)27-22(30)19-7-15(9-25-19)14-5-3-2-4-6-14/h2-6,8,11-13,15,19,25,28H,7,9-10H2,1H3,(H,26,29)(H,27,30)/t13?,15-,19+/m0/s1. The molecule has 3 aromatic rings. The summed E-state index contributed by atoms with van der Waals surface area (Å²) in [6, 6.07) is 11.2. The zero-order valence-electron chi connectivity index (χ0n) is 16.6. The minimum Gasteiger partial charge on any atom is -0.356 e. The van der Waals surface area contributed by atoms with E-state index < -0.39 is 6.04 Å². The van der Waals surface area contributed by atoms with Gasteiger partial charge < -0.3 is 20.9 Å². The number of benzene rings is 1. The zero-order valence-corrected chi connectivity index (χ0v) is 18.2. The lowest BCUT2D eigenvalue weighted by atomic mass is 9.96. The van der Waals surface area contributed by atoms with Crippen LogP contribution in [0.4, 0.5) is 0 Å². The molecular weight excluding hydrogens is 446 g/mol. The number of pyridine rings is 1. The number of aromatic nitrogens is 2. The number of fused-ring (bicyclic) bond motifs is 1. The SMILES string of the molecule is CC(NC(=O)[C@H]1C[C@H](c2ccccc2)CN1)C(=O)NCc1cc2c(Br)cncc2[nH]1. The van der Waals surface area contributed by atoms with Gasteiger partial charge in [0.15, 0.2) is 0 Å². The fraction of sp³-hybridized carbons (Fsp3) is 0.318. The third-order valence-electron chi connectivity index (χ3n) is 5.48. The molecule has 7 nitrogen and oxygen atoms in total. The van der Waals surface area contributed by atoms with Gasteiger partial charge in [-0.05, 0) is 46.8 Å². The quantitative estimate of drug-likeness (QED) is 0.445. The molecule has 3 heterocycles. The lowest BCUT2D eigenvalue weighted by molar-refractivity contribution is -0.129. The number of H-pyrrole nitrogens is 1. The highest BCUT2D eigenvalue weighted by Gasteiger charge is 2.31. The zero-order chi connectivity index (χ0) is 21.1. The Kier molecular flexibility index (Phi) is 6.15. The highest BCUT2D eigenvalue weighted by Crippen LogP contribution is 2.25. The van der Waals surface area contributed by atoms with Gasteiger partial charge >= 0.3 is 0 Å². The molecule has 2 aromatic heterocycles. The topological polar surface area (TPSA) is 98.9 Å². The monoisotopic (exact) mass is 469 g/mol. The van der Waals surface area contributed by atoms with Crippen molar-refractivity contribution >= 4 is 38.6 Å². The lowest BCUT2D eigenvalue weighted by Gasteiger charge is -2.17. The van der Waals surface area contributed by atoms with Crippen LogP contribution in [0.2, 0.25) is 0 Å². The second-order valence-corrected chi connectivity index (χ2v) is 8.48. The van der Waals surface area contributed by atoms with E-state index in [9.17, 15) is 9.59 Å². The first-order valence-electron chi connectivity index (χ1n) is 9.99. The van der Waals surface area contributed by atoms with E-state index in [0.717, 1.165) is 34.0 Å². The van der Waals surface area contributed by atoms with E-state index in [1.54, 1.807) is 19.3 Å². The van der Waals surface area contributed by atoms with Gasteiger partial charge in [-0.15, -0.1) is 0 Å². The number of aromatic amines is 1. The molecular formula is C22H24BrN5O2. The van der Waals surface area contributed by atoms with Crippen molar-refractivity contribution in [3.05, 3.63) is 64.5 Å². The van der Waals surface area contributed by atoms with Crippen LogP contribution in [-0.2, 0) is 16.1 Å². The summed E-state index contributed by atoms with van der Waals surface area (Å²) < 4.78 is 0.896. The van der Waals surface area contributed by atoms with Gasteiger partial charge in [-0.25, -0.2) is 0 Å². The number of halogens is 1.